The van der Waals surface area contributed by atoms with Gasteiger partial charge >= 0.3 is 28.7 Å². The summed E-state index contributed by atoms with van der Waals surface area (Å²) >= 11 is 5.52. The van der Waals surface area contributed by atoms with E-state index in [1.165, 1.54) is 18.2 Å². The third-order valence-electron chi connectivity index (χ3n) is 1.45. The zero-order valence-corrected chi connectivity index (χ0v) is 11.8. The fourth-order valence-electron chi connectivity index (χ4n) is 0.803. The first kappa shape index (κ1) is 16.1. The van der Waals surface area contributed by atoms with Crippen LogP contribution in [0.25, 0.3) is 0 Å². The van der Waals surface area contributed by atoms with Crippen LogP contribution in [0.1, 0.15) is 0 Å². The number of benzene rings is 1. The predicted octanol–water partition coefficient (Wildman–Crippen LogP) is 0.113. The van der Waals surface area contributed by atoms with Crippen molar-refractivity contribution in [1.82, 2.24) is 0 Å². The molecule has 1 rings (SSSR count). The number of rotatable bonds is 5. The fraction of sp³-hybridized carbons (Fsp3) is 0. The summed E-state index contributed by atoms with van der Waals surface area (Å²) in [6.45, 7) is 0. The molecular weight excluding hydrogens is 348 g/mol. The van der Waals surface area contributed by atoms with Gasteiger partial charge in [-0.05, 0) is 12.1 Å². The Morgan fingerprint density at radius 3 is 1.95 bits per heavy atom. The molecule has 19 heavy (non-hydrogen) atoms. The third-order valence-corrected chi connectivity index (χ3v) is 6.20. The van der Waals surface area contributed by atoms with Gasteiger partial charge in [0.1, 0.15) is 0 Å². The lowest BCUT2D eigenvalue weighted by molar-refractivity contribution is 0.384. The van der Waals surface area contributed by atoms with Crippen molar-refractivity contribution in [3.8, 4) is 5.75 Å². The van der Waals surface area contributed by atoms with Crippen molar-refractivity contribution in [3.05, 3.63) is 29.3 Å². The van der Waals surface area contributed by atoms with Crippen LogP contribution in [-0.4, -0.2) is 29.8 Å². The molecule has 0 fully saturated rings. The van der Waals surface area contributed by atoms with E-state index in [1.54, 1.807) is 0 Å². The standard InChI is InChI=1S/C6H5ClO9S3/c7-5-3-1-2-4-6(5)15-18(11,12)19(13,14)16-17(8,9)10/h1-4H,(H,8,9,10). The molecule has 0 radical (unpaired) electrons. The largest absolute Gasteiger partial charge is 0.445 e. The van der Waals surface area contributed by atoms with Crippen molar-refractivity contribution in [3.63, 3.8) is 0 Å². The number of hydrogen-bond acceptors (Lipinski definition) is 8. The van der Waals surface area contributed by atoms with Gasteiger partial charge in [0.25, 0.3) is 0 Å². The number of para-hydroxylation sites is 1. The molecule has 0 saturated carbocycles. The van der Waals surface area contributed by atoms with Crippen LogP contribution >= 0.6 is 11.6 Å². The molecule has 108 valence electrons. The molecule has 1 N–H and O–H groups in total. The molecule has 0 aromatic heterocycles. The van der Waals surface area contributed by atoms with Gasteiger partial charge in [0.05, 0.1) is 5.02 Å². The van der Waals surface area contributed by atoms with Crippen molar-refractivity contribution in [2.75, 3.05) is 0 Å². The maximum Gasteiger partial charge on any atom is 0.445 e. The van der Waals surface area contributed by atoms with Crippen molar-refractivity contribution in [2.45, 2.75) is 0 Å². The molecule has 0 aliphatic carbocycles. The topological polar surface area (TPSA) is 141 Å². The molecule has 13 heteroatoms. The Morgan fingerprint density at radius 1 is 0.947 bits per heavy atom. The summed E-state index contributed by atoms with van der Waals surface area (Å²) in [5.74, 6) is -0.563. The smallest absolute Gasteiger partial charge is 0.368 e. The molecule has 1 aromatic rings. The molecule has 0 unspecified atom stereocenters. The van der Waals surface area contributed by atoms with Crippen molar-refractivity contribution < 1.29 is 37.6 Å². The zero-order valence-electron chi connectivity index (χ0n) is 8.63. The Hall–Kier alpha value is -0.920. The summed E-state index contributed by atoms with van der Waals surface area (Å²) in [6, 6.07) is 4.91. The highest BCUT2D eigenvalue weighted by Gasteiger charge is 2.38. The van der Waals surface area contributed by atoms with Gasteiger partial charge in [0.2, 0.25) is 0 Å². The molecule has 0 saturated heterocycles. The first-order chi connectivity index (χ1) is 8.45. The highest BCUT2D eigenvalue weighted by atomic mass is 35.5. The summed E-state index contributed by atoms with van der Waals surface area (Å²) in [5, 5.41) is -0.242. The van der Waals surface area contributed by atoms with Crippen molar-refractivity contribution in [1.29, 1.82) is 0 Å². The molecule has 1 aromatic carbocycles. The van der Waals surface area contributed by atoms with E-state index in [0.29, 0.717) is 0 Å². The normalized spacial score (nSPS) is 13.2. The molecular formula is C6H5ClO9S3. The van der Waals surface area contributed by atoms with Gasteiger partial charge in [-0.1, -0.05) is 23.7 Å². The fourth-order valence-corrected chi connectivity index (χ4v) is 4.30. The Kier molecular flexibility index (Phi) is 4.44. The number of hydrogen-bond donors (Lipinski definition) is 1. The number of halogens is 1. The quantitative estimate of drug-likeness (QED) is 0.577. The zero-order chi connectivity index (χ0) is 14.9. The SMILES string of the molecule is O=S(=O)(O)OS(=O)(=O)S(=O)(=O)Oc1ccccc1Cl. The van der Waals surface area contributed by atoms with E-state index in [4.69, 9.17) is 16.2 Å². The lowest BCUT2D eigenvalue weighted by Gasteiger charge is -2.07. The van der Waals surface area contributed by atoms with Crippen molar-refractivity contribution >= 4 is 40.3 Å². The molecule has 0 aliphatic rings. The first-order valence-electron chi connectivity index (χ1n) is 4.07. The van der Waals surface area contributed by atoms with Crippen LogP contribution in [0.5, 0.6) is 5.75 Å². The minimum Gasteiger partial charge on any atom is -0.368 e. The Morgan fingerprint density at radius 2 is 1.47 bits per heavy atom. The van der Waals surface area contributed by atoms with Gasteiger partial charge in [-0.15, -0.1) is 3.63 Å². The molecule has 0 amide bonds. The van der Waals surface area contributed by atoms with Gasteiger partial charge in [-0.2, -0.15) is 25.3 Å². The minimum absolute atomic E-state index is 0.242. The monoisotopic (exact) mass is 352 g/mol. The van der Waals surface area contributed by atoms with E-state index in [2.05, 4.69) is 7.81 Å². The minimum atomic E-state index is -5.78. The van der Waals surface area contributed by atoms with Crippen LogP contribution in [0.3, 0.4) is 0 Å². The van der Waals surface area contributed by atoms with Crippen LogP contribution in [0.15, 0.2) is 24.3 Å². The lowest BCUT2D eigenvalue weighted by atomic mass is 10.3. The van der Waals surface area contributed by atoms with E-state index in [-0.39, 0.29) is 5.02 Å². The van der Waals surface area contributed by atoms with E-state index < -0.39 is 34.4 Å². The maximum atomic E-state index is 11.3. The molecule has 0 aliphatic heterocycles. The van der Waals surface area contributed by atoms with Gasteiger partial charge in [0, 0.05) is 0 Å². The molecule has 0 atom stereocenters. The maximum absolute atomic E-state index is 11.3. The Labute approximate surface area is 113 Å². The van der Waals surface area contributed by atoms with Gasteiger partial charge < -0.3 is 4.18 Å². The van der Waals surface area contributed by atoms with E-state index >= 15 is 0 Å². The van der Waals surface area contributed by atoms with Crippen LogP contribution in [0.4, 0.5) is 0 Å². The highest BCUT2D eigenvalue weighted by molar-refractivity contribution is 8.64. The average Bonchev–Trinajstić information content (AvgIpc) is 2.17. The van der Waals surface area contributed by atoms with Gasteiger partial charge in [-0.25, -0.2) is 0 Å². The van der Waals surface area contributed by atoms with Gasteiger partial charge in [-0.3, -0.25) is 4.55 Å². The predicted molar refractivity (Wildman–Crippen MR) is 62.6 cm³/mol. The summed E-state index contributed by atoms with van der Waals surface area (Å²) in [6.07, 6.45) is 0. The van der Waals surface area contributed by atoms with Crippen molar-refractivity contribution in [2.24, 2.45) is 0 Å². The molecule has 0 heterocycles. The van der Waals surface area contributed by atoms with E-state index in [0.717, 1.165) is 6.07 Å². The van der Waals surface area contributed by atoms with Crippen LogP contribution in [-0.2, 0) is 32.3 Å². The summed E-state index contributed by atoms with van der Waals surface area (Å²) in [7, 11) is -16.9. The lowest BCUT2D eigenvalue weighted by Crippen LogP contribution is -2.25. The summed E-state index contributed by atoms with van der Waals surface area (Å²) < 4.78 is 80.4. The average molecular weight is 353 g/mol. The van der Waals surface area contributed by atoms with Crippen LogP contribution in [0.2, 0.25) is 5.02 Å². The van der Waals surface area contributed by atoms with E-state index in [9.17, 15) is 25.3 Å². The third kappa shape index (κ3) is 4.29. The second-order valence-corrected chi connectivity index (χ2v) is 8.88. The summed E-state index contributed by atoms with van der Waals surface area (Å²) in [4.78, 5) is 0. The molecule has 0 spiro atoms. The van der Waals surface area contributed by atoms with Crippen LogP contribution < -0.4 is 4.18 Å². The second kappa shape index (κ2) is 5.22. The highest BCUT2D eigenvalue weighted by Crippen LogP contribution is 2.26. The summed E-state index contributed by atoms with van der Waals surface area (Å²) in [5.41, 5.74) is 0. The molecule has 9 nitrogen and oxygen atoms in total. The Bertz CT molecular complexity index is 777. The Balaban J connectivity index is 3.17. The van der Waals surface area contributed by atoms with Crippen LogP contribution in [0, 0.1) is 0 Å². The second-order valence-electron chi connectivity index (χ2n) is 2.83. The molecule has 0 bridgehead atoms. The van der Waals surface area contributed by atoms with E-state index in [1.807, 2.05) is 0 Å². The van der Waals surface area contributed by atoms with Gasteiger partial charge in [0.15, 0.2) is 5.75 Å². The first-order valence-corrected chi connectivity index (χ1v) is 9.15.